The Kier molecular flexibility index (Phi) is 2.46. The van der Waals surface area contributed by atoms with E-state index in [9.17, 15) is 8.42 Å². The third-order valence-electron chi connectivity index (χ3n) is 2.13. The first kappa shape index (κ1) is 10.5. The summed E-state index contributed by atoms with van der Waals surface area (Å²) in [4.78, 5) is 2.43. The van der Waals surface area contributed by atoms with Gasteiger partial charge in [-0.3, -0.25) is 0 Å². The van der Waals surface area contributed by atoms with Crippen molar-refractivity contribution in [3.05, 3.63) is 34.9 Å². The van der Waals surface area contributed by atoms with Gasteiger partial charge < -0.3 is 5.43 Å². The highest BCUT2D eigenvalue weighted by Gasteiger charge is 2.25. The lowest BCUT2D eigenvalue weighted by Crippen LogP contribution is -2.40. The Morgan fingerprint density at radius 1 is 1.40 bits per heavy atom. The highest BCUT2D eigenvalue weighted by atomic mass is 35.5. The van der Waals surface area contributed by atoms with Crippen LogP contribution in [0.3, 0.4) is 0 Å². The number of hydrogen-bond donors (Lipinski definition) is 2. The number of hydrazine groups is 1. The molecule has 0 spiro atoms. The molecule has 1 aliphatic heterocycles. The molecule has 0 unspecified atom stereocenters. The van der Waals surface area contributed by atoms with Gasteiger partial charge >= 0.3 is 0 Å². The molecule has 0 aromatic heterocycles. The van der Waals surface area contributed by atoms with E-state index in [2.05, 4.69) is 10.3 Å². The van der Waals surface area contributed by atoms with Gasteiger partial charge in [-0.05, 0) is 19.1 Å². The van der Waals surface area contributed by atoms with E-state index < -0.39 is 10.0 Å². The minimum Gasteiger partial charge on any atom is -0.308 e. The molecule has 2 rings (SSSR count). The first-order chi connectivity index (χ1) is 7.04. The molecule has 0 saturated carbocycles. The smallest absolute Gasteiger partial charge is 0.258 e. The highest BCUT2D eigenvalue weighted by molar-refractivity contribution is 7.89. The number of fused-ring (bicyclic) bond motifs is 1. The van der Waals surface area contributed by atoms with Crippen molar-refractivity contribution in [3.8, 4) is 0 Å². The fourth-order valence-electron chi connectivity index (χ4n) is 1.41. The zero-order chi connectivity index (χ0) is 11.1. The summed E-state index contributed by atoms with van der Waals surface area (Å²) < 4.78 is 23.3. The normalized spacial score (nSPS) is 20.8. The number of allylic oxidation sites excluding steroid dienone is 1. The molecule has 1 aromatic rings. The maximum Gasteiger partial charge on any atom is 0.258 e. The van der Waals surface area contributed by atoms with Crippen LogP contribution in [0.1, 0.15) is 12.5 Å². The standard InChI is InChI=1S/C9H9ClN2O2S/c1-2-8-7-4-3-6(10)5-9(7)15(13,14)12-11-8/h2-5,11-12H,1H3. The SMILES string of the molecule is CC=C1NNS(=O)(=O)c2cc(Cl)ccc21. The molecule has 1 aromatic carbocycles. The van der Waals surface area contributed by atoms with E-state index in [1.807, 2.05) is 6.92 Å². The maximum atomic E-state index is 11.6. The number of nitrogens with one attached hydrogen (secondary N) is 2. The Hall–Kier alpha value is -1.04. The monoisotopic (exact) mass is 244 g/mol. The van der Waals surface area contributed by atoms with Crippen molar-refractivity contribution in [3.63, 3.8) is 0 Å². The third kappa shape index (κ3) is 1.73. The molecule has 4 nitrogen and oxygen atoms in total. The van der Waals surface area contributed by atoms with Crippen LogP contribution >= 0.6 is 11.6 Å². The second-order valence-corrected chi connectivity index (χ2v) is 5.16. The Bertz CT molecular complexity index is 537. The largest absolute Gasteiger partial charge is 0.308 e. The molecule has 0 fully saturated rings. The summed E-state index contributed by atoms with van der Waals surface area (Å²) in [5.74, 6) is 0. The fraction of sp³-hybridized carbons (Fsp3) is 0.111. The van der Waals surface area contributed by atoms with Crippen LogP contribution in [-0.4, -0.2) is 8.42 Å². The van der Waals surface area contributed by atoms with Crippen molar-refractivity contribution in [2.45, 2.75) is 11.8 Å². The Morgan fingerprint density at radius 3 is 2.80 bits per heavy atom. The van der Waals surface area contributed by atoms with Crippen LogP contribution in [0.25, 0.3) is 5.70 Å². The molecule has 0 radical (unpaired) electrons. The molecule has 2 N–H and O–H groups in total. The van der Waals surface area contributed by atoms with Crippen molar-refractivity contribution >= 4 is 27.3 Å². The van der Waals surface area contributed by atoms with Crippen LogP contribution in [0.15, 0.2) is 29.2 Å². The summed E-state index contributed by atoms with van der Waals surface area (Å²) in [6.07, 6.45) is 1.79. The zero-order valence-electron chi connectivity index (χ0n) is 7.91. The first-order valence-corrected chi connectivity index (χ1v) is 6.15. The van der Waals surface area contributed by atoms with Gasteiger partial charge in [-0.1, -0.05) is 23.7 Å². The van der Waals surface area contributed by atoms with E-state index in [0.717, 1.165) is 5.70 Å². The molecule has 1 heterocycles. The topological polar surface area (TPSA) is 58.2 Å². The summed E-state index contributed by atoms with van der Waals surface area (Å²) in [7, 11) is -3.49. The van der Waals surface area contributed by atoms with Crippen molar-refractivity contribution in [2.75, 3.05) is 0 Å². The van der Waals surface area contributed by atoms with Crippen LogP contribution in [0.5, 0.6) is 0 Å². The quantitative estimate of drug-likeness (QED) is 0.727. The number of halogens is 1. The number of rotatable bonds is 0. The van der Waals surface area contributed by atoms with Gasteiger partial charge in [0.05, 0.1) is 10.6 Å². The average Bonchev–Trinajstić information content (AvgIpc) is 2.19. The predicted molar refractivity (Wildman–Crippen MR) is 58.6 cm³/mol. The van der Waals surface area contributed by atoms with Crippen molar-refractivity contribution in [1.29, 1.82) is 0 Å². The van der Waals surface area contributed by atoms with E-state index in [-0.39, 0.29) is 4.90 Å². The second-order valence-electron chi connectivity index (χ2n) is 3.07. The lowest BCUT2D eigenvalue weighted by atomic mass is 10.1. The summed E-state index contributed by atoms with van der Waals surface area (Å²) >= 11 is 5.76. The molecular weight excluding hydrogens is 236 g/mol. The van der Waals surface area contributed by atoms with Gasteiger partial charge in [-0.15, -0.1) is 4.83 Å². The van der Waals surface area contributed by atoms with E-state index in [1.165, 1.54) is 6.07 Å². The third-order valence-corrected chi connectivity index (χ3v) is 3.65. The van der Waals surface area contributed by atoms with Crippen LogP contribution in [0.4, 0.5) is 0 Å². The van der Waals surface area contributed by atoms with Crippen molar-refractivity contribution in [2.24, 2.45) is 0 Å². The average molecular weight is 245 g/mol. The lowest BCUT2D eigenvalue weighted by molar-refractivity contribution is 0.571. The highest BCUT2D eigenvalue weighted by Crippen LogP contribution is 2.27. The molecule has 0 amide bonds. The molecular formula is C9H9ClN2O2S. The van der Waals surface area contributed by atoms with E-state index in [4.69, 9.17) is 11.6 Å². The molecule has 80 valence electrons. The molecule has 15 heavy (non-hydrogen) atoms. The van der Waals surface area contributed by atoms with E-state index in [0.29, 0.717) is 10.6 Å². The van der Waals surface area contributed by atoms with Gasteiger partial charge in [0.1, 0.15) is 0 Å². The molecule has 0 atom stereocenters. The summed E-state index contributed by atoms with van der Waals surface area (Å²) in [5, 5.41) is 0.400. The molecule has 0 bridgehead atoms. The number of benzene rings is 1. The number of sulfonamides is 1. The van der Waals surface area contributed by atoms with E-state index >= 15 is 0 Å². The van der Waals surface area contributed by atoms with E-state index in [1.54, 1.807) is 18.2 Å². The summed E-state index contributed by atoms with van der Waals surface area (Å²) in [5.41, 5.74) is 3.96. The van der Waals surface area contributed by atoms with Gasteiger partial charge in [0.15, 0.2) is 0 Å². The minimum atomic E-state index is -3.49. The zero-order valence-corrected chi connectivity index (χ0v) is 9.48. The second kappa shape index (κ2) is 3.52. The van der Waals surface area contributed by atoms with Crippen LogP contribution in [0.2, 0.25) is 5.02 Å². The van der Waals surface area contributed by atoms with Gasteiger partial charge in [0.2, 0.25) is 0 Å². The van der Waals surface area contributed by atoms with Gasteiger partial charge in [0.25, 0.3) is 10.0 Å². The molecule has 0 saturated heterocycles. The summed E-state index contributed by atoms with van der Waals surface area (Å²) in [6, 6.07) is 4.77. The Morgan fingerprint density at radius 2 is 2.13 bits per heavy atom. The Balaban J connectivity index is 2.75. The predicted octanol–water partition coefficient (Wildman–Crippen LogP) is 1.50. The molecule has 1 aliphatic rings. The van der Waals surface area contributed by atoms with Crippen LogP contribution < -0.4 is 10.3 Å². The molecule has 0 aliphatic carbocycles. The van der Waals surface area contributed by atoms with Crippen molar-refractivity contribution < 1.29 is 8.42 Å². The van der Waals surface area contributed by atoms with Gasteiger partial charge in [0, 0.05) is 10.6 Å². The fourth-order valence-corrected chi connectivity index (χ4v) is 2.75. The van der Waals surface area contributed by atoms with Gasteiger partial charge in [-0.2, -0.15) is 0 Å². The maximum absolute atomic E-state index is 11.6. The van der Waals surface area contributed by atoms with Crippen LogP contribution in [0, 0.1) is 0 Å². The van der Waals surface area contributed by atoms with Gasteiger partial charge in [-0.25, -0.2) is 8.42 Å². The number of hydrogen-bond acceptors (Lipinski definition) is 3. The minimum absolute atomic E-state index is 0.196. The molecule has 6 heteroatoms. The van der Waals surface area contributed by atoms with Crippen LogP contribution in [-0.2, 0) is 10.0 Å². The Labute approximate surface area is 93.0 Å². The first-order valence-electron chi connectivity index (χ1n) is 4.28. The summed E-state index contributed by atoms with van der Waals surface area (Å²) in [6.45, 7) is 1.82. The van der Waals surface area contributed by atoms with Crippen molar-refractivity contribution in [1.82, 2.24) is 10.3 Å². The lowest BCUT2D eigenvalue weighted by Gasteiger charge is -2.21.